The summed E-state index contributed by atoms with van der Waals surface area (Å²) in [4.78, 5) is 6.95. The van der Waals surface area contributed by atoms with Gasteiger partial charge in [0.2, 0.25) is 0 Å². The molecule has 0 saturated carbocycles. The molecule has 0 spiro atoms. The van der Waals surface area contributed by atoms with Gasteiger partial charge in [-0.1, -0.05) is 20.8 Å². The van der Waals surface area contributed by atoms with Gasteiger partial charge < -0.3 is 10.2 Å². The first-order chi connectivity index (χ1) is 8.63. The van der Waals surface area contributed by atoms with Crippen molar-refractivity contribution in [2.24, 2.45) is 0 Å². The van der Waals surface area contributed by atoms with Crippen LogP contribution in [0.4, 0.5) is 5.82 Å². The Labute approximate surface area is 112 Å². The standard InChI is InChI=1S/C15H27N3/c1-6-14(7-2)18(5)15-12(4)9-13(11-17-15)10-16-8-3/h9,11,14,16H,6-8,10H2,1-5H3. The minimum atomic E-state index is 0.579. The van der Waals surface area contributed by atoms with E-state index < -0.39 is 0 Å². The summed E-state index contributed by atoms with van der Waals surface area (Å²) in [6, 6.07) is 2.82. The molecule has 0 aliphatic rings. The largest absolute Gasteiger partial charge is 0.357 e. The van der Waals surface area contributed by atoms with E-state index in [0.717, 1.165) is 31.7 Å². The lowest BCUT2D eigenvalue weighted by molar-refractivity contribution is 0.585. The Morgan fingerprint density at radius 3 is 2.44 bits per heavy atom. The second kappa shape index (κ2) is 7.37. The quantitative estimate of drug-likeness (QED) is 0.804. The third-order valence-electron chi connectivity index (χ3n) is 3.51. The van der Waals surface area contributed by atoms with Crippen molar-refractivity contribution in [1.29, 1.82) is 0 Å². The zero-order chi connectivity index (χ0) is 13.5. The van der Waals surface area contributed by atoms with E-state index in [0.29, 0.717) is 6.04 Å². The Morgan fingerprint density at radius 2 is 1.94 bits per heavy atom. The molecule has 0 saturated heterocycles. The lowest BCUT2D eigenvalue weighted by Crippen LogP contribution is -2.31. The van der Waals surface area contributed by atoms with Crippen LogP contribution in [0.1, 0.15) is 44.7 Å². The lowest BCUT2D eigenvalue weighted by Gasteiger charge is -2.28. The second-order valence-corrected chi connectivity index (χ2v) is 4.85. The first-order valence-corrected chi connectivity index (χ1v) is 7.03. The summed E-state index contributed by atoms with van der Waals surface area (Å²) in [5.74, 6) is 1.11. The van der Waals surface area contributed by atoms with Crippen LogP contribution in [0.25, 0.3) is 0 Å². The van der Waals surface area contributed by atoms with Gasteiger partial charge in [-0.25, -0.2) is 4.98 Å². The van der Waals surface area contributed by atoms with Crippen molar-refractivity contribution >= 4 is 5.82 Å². The van der Waals surface area contributed by atoms with Gasteiger partial charge in [-0.15, -0.1) is 0 Å². The maximum absolute atomic E-state index is 4.63. The van der Waals surface area contributed by atoms with E-state index in [4.69, 9.17) is 0 Å². The highest BCUT2D eigenvalue weighted by atomic mass is 15.2. The summed E-state index contributed by atoms with van der Waals surface area (Å²) >= 11 is 0. The van der Waals surface area contributed by atoms with Crippen molar-refractivity contribution < 1.29 is 0 Å². The molecule has 1 N–H and O–H groups in total. The molecular weight excluding hydrogens is 222 g/mol. The van der Waals surface area contributed by atoms with E-state index in [2.05, 4.69) is 56.0 Å². The maximum Gasteiger partial charge on any atom is 0.131 e. The van der Waals surface area contributed by atoms with Crippen LogP contribution in [0.5, 0.6) is 0 Å². The molecule has 0 bridgehead atoms. The molecule has 0 amide bonds. The fourth-order valence-electron chi connectivity index (χ4n) is 2.37. The van der Waals surface area contributed by atoms with Crippen molar-refractivity contribution in [1.82, 2.24) is 10.3 Å². The van der Waals surface area contributed by atoms with Gasteiger partial charge >= 0.3 is 0 Å². The molecular formula is C15H27N3. The Kier molecular flexibility index (Phi) is 6.13. The second-order valence-electron chi connectivity index (χ2n) is 4.85. The fraction of sp³-hybridized carbons (Fsp3) is 0.667. The minimum Gasteiger partial charge on any atom is -0.357 e. The highest BCUT2D eigenvalue weighted by molar-refractivity contribution is 5.47. The highest BCUT2D eigenvalue weighted by Gasteiger charge is 2.14. The molecule has 0 aliphatic carbocycles. The normalized spacial score (nSPS) is 11.0. The summed E-state index contributed by atoms with van der Waals surface area (Å²) in [5.41, 5.74) is 2.52. The van der Waals surface area contributed by atoms with Crippen LogP contribution < -0.4 is 10.2 Å². The van der Waals surface area contributed by atoms with Crippen LogP contribution in [0.2, 0.25) is 0 Å². The van der Waals surface area contributed by atoms with Crippen molar-refractivity contribution in [3.63, 3.8) is 0 Å². The van der Waals surface area contributed by atoms with Crippen LogP contribution in [0.3, 0.4) is 0 Å². The van der Waals surface area contributed by atoms with Gasteiger partial charge in [0.1, 0.15) is 5.82 Å². The summed E-state index contributed by atoms with van der Waals surface area (Å²) in [6.07, 6.45) is 4.31. The van der Waals surface area contributed by atoms with Crippen LogP contribution in [-0.4, -0.2) is 24.6 Å². The number of hydrogen-bond acceptors (Lipinski definition) is 3. The molecule has 3 heteroatoms. The number of aryl methyl sites for hydroxylation is 1. The van der Waals surface area contributed by atoms with Crippen LogP contribution in [0.15, 0.2) is 12.3 Å². The molecule has 1 rings (SSSR count). The SMILES string of the molecule is CCNCc1cnc(N(C)C(CC)CC)c(C)c1. The van der Waals surface area contributed by atoms with Crippen molar-refractivity contribution in [2.75, 3.05) is 18.5 Å². The number of rotatable bonds is 7. The van der Waals surface area contributed by atoms with Gasteiger partial charge in [-0.05, 0) is 43.5 Å². The van der Waals surface area contributed by atoms with Gasteiger partial charge in [-0.2, -0.15) is 0 Å². The third kappa shape index (κ3) is 3.70. The summed E-state index contributed by atoms with van der Waals surface area (Å²) in [5, 5.41) is 3.33. The third-order valence-corrected chi connectivity index (χ3v) is 3.51. The van der Waals surface area contributed by atoms with Gasteiger partial charge in [0.05, 0.1) is 0 Å². The van der Waals surface area contributed by atoms with E-state index in [1.807, 2.05) is 6.20 Å². The Balaban J connectivity index is 2.84. The van der Waals surface area contributed by atoms with E-state index >= 15 is 0 Å². The molecule has 1 aromatic rings. The minimum absolute atomic E-state index is 0.579. The number of nitrogens with zero attached hydrogens (tertiary/aromatic N) is 2. The molecule has 0 radical (unpaired) electrons. The van der Waals surface area contributed by atoms with E-state index in [1.54, 1.807) is 0 Å². The smallest absolute Gasteiger partial charge is 0.131 e. The van der Waals surface area contributed by atoms with Crippen LogP contribution in [-0.2, 0) is 6.54 Å². The number of anilines is 1. The van der Waals surface area contributed by atoms with Crippen molar-refractivity contribution in [3.8, 4) is 0 Å². The summed E-state index contributed by atoms with van der Waals surface area (Å²) < 4.78 is 0. The molecule has 1 heterocycles. The molecule has 0 atom stereocenters. The van der Waals surface area contributed by atoms with Crippen molar-refractivity contribution in [2.45, 2.75) is 53.1 Å². The lowest BCUT2D eigenvalue weighted by atomic mass is 10.1. The fourth-order valence-corrected chi connectivity index (χ4v) is 2.37. The van der Waals surface area contributed by atoms with Gasteiger partial charge in [0, 0.05) is 25.8 Å². The number of pyridine rings is 1. The van der Waals surface area contributed by atoms with Gasteiger partial charge in [0.15, 0.2) is 0 Å². The predicted molar refractivity (Wildman–Crippen MR) is 79.1 cm³/mol. The Morgan fingerprint density at radius 1 is 1.28 bits per heavy atom. The van der Waals surface area contributed by atoms with E-state index in [-0.39, 0.29) is 0 Å². The zero-order valence-corrected chi connectivity index (χ0v) is 12.5. The van der Waals surface area contributed by atoms with E-state index in [1.165, 1.54) is 11.1 Å². The number of aromatic nitrogens is 1. The van der Waals surface area contributed by atoms with Crippen molar-refractivity contribution in [3.05, 3.63) is 23.4 Å². The molecule has 0 aromatic carbocycles. The molecule has 18 heavy (non-hydrogen) atoms. The zero-order valence-electron chi connectivity index (χ0n) is 12.5. The summed E-state index contributed by atoms with van der Waals surface area (Å²) in [6.45, 7) is 10.6. The first kappa shape index (κ1) is 15.0. The van der Waals surface area contributed by atoms with E-state index in [9.17, 15) is 0 Å². The molecule has 0 fully saturated rings. The number of nitrogens with one attached hydrogen (secondary N) is 1. The molecule has 0 unspecified atom stereocenters. The summed E-state index contributed by atoms with van der Waals surface area (Å²) in [7, 11) is 2.15. The van der Waals surface area contributed by atoms with Gasteiger partial charge in [0.25, 0.3) is 0 Å². The van der Waals surface area contributed by atoms with Gasteiger partial charge in [-0.3, -0.25) is 0 Å². The average Bonchev–Trinajstić information content (AvgIpc) is 2.37. The molecule has 0 aliphatic heterocycles. The molecule has 102 valence electrons. The monoisotopic (exact) mass is 249 g/mol. The predicted octanol–water partition coefficient (Wildman–Crippen LogP) is 3.12. The number of hydrogen-bond donors (Lipinski definition) is 1. The van der Waals surface area contributed by atoms with Crippen LogP contribution >= 0.6 is 0 Å². The highest BCUT2D eigenvalue weighted by Crippen LogP contribution is 2.21. The topological polar surface area (TPSA) is 28.2 Å². The molecule has 3 nitrogen and oxygen atoms in total. The van der Waals surface area contributed by atoms with Crippen LogP contribution in [0, 0.1) is 6.92 Å². The Hall–Kier alpha value is -1.09. The molecule has 1 aromatic heterocycles. The first-order valence-electron chi connectivity index (χ1n) is 7.03. The Bertz CT molecular complexity index is 359. The average molecular weight is 249 g/mol. The maximum atomic E-state index is 4.63.